The Hall–Kier alpha value is -0.920. The van der Waals surface area contributed by atoms with E-state index in [1.54, 1.807) is 0 Å². The maximum atomic E-state index is 4.65. The van der Waals surface area contributed by atoms with Crippen LogP contribution in [0.15, 0.2) is 34.5 Å². The van der Waals surface area contributed by atoms with E-state index in [0.717, 1.165) is 35.5 Å². The van der Waals surface area contributed by atoms with Crippen LogP contribution in [0.25, 0.3) is 0 Å². The summed E-state index contributed by atoms with van der Waals surface area (Å²) >= 11 is 0. The minimum absolute atomic E-state index is 0.527. The zero-order valence-electron chi connectivity index (χ0n) is 9.24. The summed E-state index contributed by atoms with van der Waals surface area (Å²) in [6, 6.07) is 1.08. The van der Waals surface area contributed by atoms with Gasteiger partial charge >= 0.3 is 0 Å². The monoisotopic (exact) mass is 212 g/mol. The zero-order chi connectivity index (χ0) is 10.3. The second-order valence-corrected chi connectivity index (χ2v) is 6.22. The summed E-state index contributed by atoms with van der Waals surface area (Å²) in [6.45, 7) is 0. The fraction of sp³-hybridized carbons (Fsp3) is 0.714. The van der Waals surface area contributed by atoms with Crippen LogP contribution in [0.5, 0.6) is 0 Å². The molecule has 2 fully saturated rings. The lowest BCUT2D eigenvalue weighted by molar-refractivity contribution is 0.0468. The summed E-state index contributed by atoms with van der Waals surface area (Å²) in [7, 11) is 0. The van der Waals surface area contributed by atoms with Crippen molar-refractivity contribution in [2.75, 3.05) is 0 Å². The van der Waals surface area contributed by atoms with Crippen molar-refractivity contribution >= 4 is 0 Å². The molecule has 0 aromatic rings. The third-order valence-corrected chi connectivity index (χ3v) is 5.80. The smallest absolute Gasteiger partial charge is 0.0811 e. The lowest BCUT2D eigenvalue weighted by Crippen LogP contribution is -2.53. The topological polar surface area (TPSA) is 24.7 Å². The van der Waals surface area contributed by atoms with E-state index in [1.165, 1.54) is 12.8 Å². The molecule has 0 amide bonds. The van der Waals surface area contributed by atoms with E-state index in [4.69, 9.17) is 0 Å². The zero-order valence-corrected chi connectivity index (χ0v) is 9.24. The second kappa shape index (κ2) is 2.49. The van der Waals surface area contributed by atoms with Crippen LogP contribution in [-0.4, -0.2) is 12.1 Å². The number of hydrogen-bond donors (Lipinski definition) is 0. The van der Waals surface area contributed by atoms with Crippen LogP contribution in [0.3, 0.4) is 0 Å². The van der Waals surface area contributed by atoms with Crippen molar-refractivity contribution in [2.45, 2.75) is 24.9 Å². The highest BCUT2D eigenvalue weighted by atomic mass is 15.2. The molecule has 0 saturated heterocycles. The highest BCUT2D eigenvalue weighted by Gasteiger charge is 2.61. The maximum Gasteiger partial charge on any atom is 0.0811 e. The van der Waals surface area contributed by atoms with Gasteiger partial charge in [-0.2, -0.15) is 10.2 Å². The molecule has 8 unspecified atom stereocenters. The first-order valence-corrected chi connectivity index (χ1v) is 6.68. The number of fused-ring (bicyclic) bond motifs is 2. The first-order chi connectivity index (χ1) is 7.93. The Labute approximate surface area is 95.5 Å². The molecule has 8 atom stereocenters. The normalized spacial score (nSPS) is 63.0. The second-order valence-electron chi connectivity index (χ2n) is 6.22. The van der Waals surface area contributed by atoms with E-state index in [0.29, 0.717) is 12.1 Å². The van der Waals surface area contributed by atoms with Crippen LogP contribution in [0.4, 0.5) is 0 Å². The maximum absolute atomic E-state index is 4.65. The molecule has 82 valence electrons. The van der Waals surface area contributed by atoms with Gasteiger partial charge in [0, 0.05) is 5.92 Å². The molecule has 0 spiro atoms. The quantitative estimate of drug-likeness (QED) is 0.552. The van der Waals surface area contributed by atoms with Gasteiger partial charge in [-0.25, -0.2) is 0 Å². The molecule has 0 radical (unpaired) electrons. The van der Waals surface area contributed by atoms with Gasteiger partial charge in [0.25, 0.3) is 0 Å². The fourth-order valence-corrected chi connectivity index (χ4v) is 5.30. The average Bonchev–Trinajstić information content (AvgIpc) is 3.05. The van der Waals surface area contributed by atoms with Crippen LogP contribution in [0.1, 0.15) is 12.8 Å². The Kier molecular flexibility index (Phi) is 1.28. The average molecular weight is 212 g/mol. The first kappa shape index (κ1) is 8.21. The van der Waals surface area contributed by atoms with Crippen molar-refractivity contribution in [2.24, 2.45) is 45.7 Å². The van der Waals surface area contributed by atoms with Crippen LogP contribution >= 0.6 is 0 Å². The molecule has 16 heavy (non-hydrogen) atoms. The van der Waals surface area contributed by atoms with E-state index in [9.17, 15) is 0 Å². The van der Waals surface area contributed by atoms with Gasteiger partial charge in [0.15, 0.2) is 0 Å². The number of allylic oxidation sites excluding steroid dienone is 3. The van der Waals surface area contributed by atoms with Gasteiger partial charge < -0.3 is 0 Å². The molecule has 2 nitrogen and oxygen atoms in total. The SMILES string of the molecule is C1=CC2C(C1)C1N=NC2C2C3C=CC(C3)C12. The summed E-state index contributed by atoms with van der Waals surface area (Å²) in [5.41, 5.74) is 0. The van der Waals surface area contributed by atoms with Gasteiger partial charge in [-0.3, -0.25) is 0 Å². The number of rotatable bonds is 0. The Morgan fingerprint density at radius 2 is 1.62 bits per heavy atom. The van der Waals surface area contributed by atoms with Crippen molar-refractivity contribution in [3.8, 4) is 0 Å². The first-order valence-electron chi connectivity index (χ1n) is 6.68. The fourth-order valence-electron chi connectivity index (χ4n) is 5.30. The molecule has 2 heterocycles. The highest BCUT2D eigenvalue weighted by Crippen LogP contribution is 2.61. The van der Waals surface area contributed by atoms with E-state index in [2.05, 4.69) is 34.5 Å². The number of hydrogen-bond acceptors (Lipinski definition) is 2. The van der Waals surface area contributed by atoms with Gasteiger partial charge in [0.2, 0.25) is 0 Å². The molecule has 6 aliphatic rings. The summed E-state index contributed by atoms with van der Waals surface area (Å²) in [5.74, 6) is 4.88. The lowest BCUT2D eigenvalue weighted by Gasteiger charge is -2.50. The molecule has 2 heteroatoms. The third kappa shape index (κ3) is 0.732. The Morgan fingerprint density at radius 3 is 2.50 bits per heavy atom. The molecule has 2 saturated carbocycles. The van der Waals surface area contributed by atoms with Crippen molar-refractivity contribution in [3.05, 3.63) is 24.3 Å². The highest BCUT2D eigenvalue weighted by molar-refractivity contribution is 5.26. The molecule has 4 aliphatic carbocycles. The number of azo groups is 1. The van der Waals surface area contributed by atoms with Crippen LogP contribution < -0.4 is 0 Å². The van der Waals surface area contributed by atoms with Crippen LogP contribution in [-0.2, 0) is 0 Å². The predicted molar refractivity (Wildman–Crippen MR) is 60.9 cm³/mol. The molecule has 6 rings (SSSR count). The Morgan fingerprint density at radius 1 is 0.875 bits per heavy atom. The summed E-state index contributed by atoms with van der Waals surface area (Å²) in [6.07, 6.45) is 12.4. The minimum atomic E-state index is 0.527. The van der Waals surface area contributed by atoms with Crippen molar-refractivity contribution in [1.82, 2.24) is 0 Å². The van der Waals surface area contributed by atoms with E-state index in [1.807, 2.05) is 0 Å². The summed E-state index contributed by atoms with van der Waals surface area (Å²) in [5, 5.41) is 9.29. The van der Waals surface area contributed by atoms with Gasteiger partial charge in [0.1, 0.15) is 0 Å². The molecular weight excluding hydrogens is 196 g/mol. The predicted octanol–water partition coefficient (Wildman–Crippen LogP) is 2.83. The van der Waals surface area contributed by atoms with Gasteiger partial charge in [0.05, 0.1) is 12.1 Å². The van der Waals surface area contributed by atoms with Crippen LogP contribution in [0.2, 0.25) is 0 Å². The molecular formula is C14H16N2. The standard InChI is InChI=1S/C14H16N2/c1-2-9-10(3-1)14-12-8-5-4-7(6-8)11(12)13(9)15-16-14/h1-2,4-5,7-14H,3,6H2. The Balaban J connectivity index is 1.67. The number of nitrogens with zero attached hydrogens (tertiary/aromatic N) is 2. The van der Waals surface area contributed by atoms with E-state index >= 15 is 0 Å². The van der Waals surface area contributed by atoms with E-state index < -0.39 is 0 Å². The minimum Gasteiger partial charge on any atom is -0.190 e. The van der Waals surface area contributed by atoms with E-state index in [-0.39, 0.29) is 0 Å². The molecule has 0 aromatic carbocycles. The largest absolute Gasteiger partial charge is 0.190 e. The molecule has 4 bridgehead atoms. The van der Waals surface area contributed by atoms with Gasteiger partial charge in [-0.1, -0.05) is 24.3 Å². The molecule has 0 N–H and O–H groups in total. The molecule has 2 aliphatic heterocycles. The summed E-state index contributed by atoms with van der Waals surface area (Å²) < 4.78 is 0. The van der Waals surface area contributed by atoms with Gasteiger partial charge in [-0.05, 0) is 42.4 Å². The summed E-state index contributed by atoms with van der Waals surface area (Å²) in [4.78, 5) is 0. The Bertz CT molecular complexity index is 436. The van der Waals surface area contributed by atoms with Crippen molar-refractivity contribution < 1.29 is 0 Å². The third-order valence-electron chi connectivity index (χ3n) is 5.80. The lowest BCUT2D eigenvalue weighted by atomic mass is 9.60. The van der Waals surface area contributed by atoms with Gasteiger partial charge in [-0.15, -0.1) is 0 Å². The van der Waals surface area contributed by atoms with Crippen molar-refractivity contribution in [1.29, 1.82) is 0 Å². The van der Waals surface area contributed by atoms with Crippen molar-refractivity contribution in [3.63, 3.8) is 0 Å². The molecule has 0 aromatic heterocycles. The van der Waals surface area contributed by atoms with Crippen LogP contribution in [0, 0.1) is 35.5 Å².